The van der Waals surface area contributed by atoms with E-state index in [0.717, 1.165) is 23.2 Å². The first-order chi connectivity index (χ1) is 33.3. The summed E-state index contributed by atoms with van der Waals surface area (Å²) in [6.07, 6.45) is 9.55. The zero-order valence-electron chi connectivity index (χ0n) is 39.2. The maximum Gasteiger partial charge on any atom is 0.469 e. The summed E-state index contributed by atoms with van der Waals surface area (Å²) < 4.78 is 19.5. The molecule has 1 aliphatic rings. The summed E-state index contributed by atoms with van der Waals surface area (Å²) in [5.74, 6) is -4.53. The van der Waals surface area contributed by atoms with Crippen LogP contribution in [0, 0.1) is 5.92 Å². The van der Waals surface area contributed by atoms with E-state index in [4.69, 9.17) is 10.6 Å². The summed E-state index contributed by atoms with van der Waals surface area (Å²) in [6, 6.07) is 2.60. The van der Waals surface area contributed by atoms with E-state index in [9.17, 15) is 48.2 Å². The lowest BCUT2D eigenvalue weighted by Crippen LogP contribution is -2.61. The Morgan fingerprint density at radius 2 is 1.73 bits per heavy atom. The maximum absolute atomic E-state index is 14.1. The summed E-state index contributed by atoms with van der Waals surface area (Å²) in [5, 5.41) is 26.3. The molecular weight excluding hydrogens is 952 g/mol. The summed E-state index contributed by atoms with van der Waals surface area (Å²) >= 11 is 1.59. The first kappa shape index (κ1) is 54.6. The Morgan fingerprint density at radius 3 is 2.41 bits per heavy atom. The highest BCUT2D eigenvalue weighted by Crippen LogP contribution is 2.38. The minimum absolute atomic E-state index is 0.111. The van der Waals surface area contributed by atoms with E-state index in [0.29, 0.717) is 63.4 Å². The summed E-state index contributed by atoms with van der Waals surface area (Å²) in [4.78, 5) is 119. The van der Waals surface area contributed by atoms with Gasteiger partial charge in [0.05, 0.1) is 41.5 Å². The first-order valence-electron chi connectivity index (χ1n) is 22.7. The third kappa shape index (κ3) is 16.1. The molecule has 4 aromatic heterocycles. The molecule has 5 rings (SSSR count). The van der Waals surface area contributed by atoms with Gasteiger partial charge in [-0.15, -0.1) is 11.3 Å². The summed E-state index contributed by atoms with van der Waals surface area (Å²) in [5.41, 5.74) is 7.40. The van der Waals surface area contributed by atoms with Gasteiger partial charge in [0.1, 0.15) is 36.8 Å². The molecule has 1 fully saturated rings. The maximum atomic E-state index is 14.1. The molecule has 0 aliphatic carbocycles. The van der Waals surface area contributed by atoms with Crippen LogP contribution in [0.15, 0.2) is 65.8 Å². The van der Waals surface area contributed by atoms with Crippen molar-refractivity contribution in [3.8, 4) is 16.5 Å². The van der Waals surface area contributed by atoms with Crippen molar-refractivity contribution in [1.29, 1.82) is 0 Å². The molecule has 24 nitrogen and oxygen atoms in total. The van der Waals surface area contributed by atoms with Crippen LogP contribution in [0.3, 0.4) is 0 Å². The number of aliphatic hydroxyl groups is 1. The van der Waals surface area contributed by atoms with E-state index >= 15 is 0 Å². The number of phosphoric ester groups is 1. The number of imidazole rings is 1. The molecule has 0 saturated carbocycles. The zero-order chi connectivity index (χ0) is 51.0. The number of likely N-dealkylation sites (tertiary alicyclic amines) is 1. The normalized spacial score (nSPS) is 16.1. The van der Waals surface area contributed by atoms with Crippen molar-refractivity contribution in [3.05, 3.63) is 72.0 Å². The average Bonchev–Trinajstić information content (AvgIpc) is 4.16. The van der Waals surface area contributed by atoms with Crippen molar-refractivity contribution in [2.75, 3.05) is 19.8 Å². The van der Waals surface area contributed by atoms with Crippen molar-refractivity contribution in [3.63, 3.8) is 0 Å². The fourth-order valence-electron chi connectivity index (χ4n) is 7.69. The molecule has 26 heteroatoms. The second kappa shape index (κ2) is 26.0. The third-order valence-corrected chi connectivity index (χ3v) is 12.6. The lowest BCUT2D eigenvalue weighted by Gasteiger charge is -2.28. The number of nitrogens with zero attached hydrogens (tertiary/aromatic N) is 7. The van der Waals surface area contributed by atoms with E-state index in [2.05, 4.69) is 45.9 Å². The fraction of sp³-hybridized carbons (Fsp3) is 0.500. The van der Waals surface area contributed by atoms with Crippen molar-refractivity contribution < 1.29 is 57.6 Å². The van der Waals surface area contributed by atoms with Gasteiger partial charge in [-0.2, -0.15) is 0 Å². The standard InChI is InChI=1S/C44H61N12O12PS/c1-27(2)21-33(50-43(63)36-12-9-17-55(36)29(4)58)40(60)49-34(41(61)51-35(25-57)42(62)53-38(39(45)59)28(3)68-69(64,65)66)22-31-23-46-26-54(31)16-6-5-7-19-67-48-24-30-11-8-18-56(30)44-47-15-14-32(52-44)37-13-10-20-70-37/h8,10-11,13-15,18,20,23-24,26-28,33-36,38,57H,5-7,9,12,16-17,19,21-22,25H2,1-4H3,(H2,45,59)(H,49,60)(H,50,63)(H,51,61)(H,53,62)(H2,64,65,66)/b48-24-/t28-,33+,34+,35+,36+,38+/m1/s1. The Labute approximate surface area is 408 Å². The van der Waals surface area contributed by atoms with Gasteiger partial charge in [-0.3, -0.25) is 37.9 Å². The molecule has 0 bridgehead atoms. The molecule has 70 heavy (non-hydrogen) atoms. The van der Waals surface area contributed by atoms with Crippen LogP contribution in [0.2, 0.25) is 0 Å². The zero-order valence-corrected chi connectivity index (χ0v) is 41.0. The summed E-state index contributed by atoms with van der Waals surface area (Å²) in [6.45, 7) is 6.25. The number of aromatic nitrogens is 5. The molecule has 9 N–H and O–H groups in total. The molecule has 0 spiro atoms. The molecule has 4 aromatic rings. The average molecular weight is 1010 g/mol. The third-order valence-electron chi connectivity index (χ3n) is 11.1. The van der Waals surface area contributed by atoms with Gasteiger partial charge in [0.2, 0.25) is 41.4 Å². The van der Waals surface area contributed by atoms with Crippen LogP contribution < -0.4 is 27.0 Å². The van der Waals surface area contributed by atoms with Gasteiger partial charge < -0.3 is 56.2 Å². The Morgan fingerprint density at radius 1 is 0.986 bits per heavy atom. The largest absolute Gasteiger partial charge is 0.469 e. The van der Waals surface area contributed by atoms with Gasteiger partial charge in [0.15, 0.2) is 0 Å². The Balaban J connectivity index is 1.23. The minimum Gasteiger partial charge on any atom is -0.396 e. The number of phosphoric acid groups is 1. The number of amides is 6. The molecule has 0 aromatic carbocycles. The predicted molar refractivity (Wildman–Crippen MR) is 254 cm³/mol. The highest BCUT2D eigenvalue weighted by molar-refractivity contribution is 7.46. The van der Waals surface area contributed by atoms with E-state index in [1.54, 1.807) is 39.2 Å². The number of nitrogens with two attached hydrogens (primary N) is 1. The molecule has 5 heterocycles. The molecule has 6 amide bonds. The van der Waals surface area contributed by atoms with Crippen LogP contribution in [0.25, 0.3) is 16.5 Å². The van der Waals surface area contributed by atoms with Crippen LogP contribution in [-0.4, -0.2) is 142 Å². The van der Waals surface area contributed by atoms with E-state index < -0.39 is 80.3 Å². The van der Waals surface area contributed by atoms with Gasteiger partial charge in [-0.05, 0) is 81.0 Å². The first-order valence-corrected chi connectivity index (χ1v) is 25.1. The monoisotopic (exact) mass is 1010 g/mol. The van der Waals surface area contributed by atoms with Crippen LogP contribution in [0.4, 0.5) is 0 Å². The van der Waals surface area contributed by atoms with Crippen LogP contribution >= 0.6 is 19.2 Å². The molecule has 1 aliphatic heterocycles. The highest BCUT2D eigenvalue weighted by Gasteiger charge is 2.37. The minimum atomic E-state index is -5.13. The number of unbranched alkanes of at least 4 members (excludes halogenated alkanes) is 2. The Hall–Kier alpha value is -6.37. The van der Waals surface area contributed by atoms with Gasteiger partial charge in [-0.25, -0.2) is 19.5 Å². The highest BCUT2D eigenvalue weighted by atomic mass is 32.1. The number of carbonyl (C=O) groups excluding carboxylic acids is 6. The predicted octanol–water partition coefficient (Wildman–Crippen LogP) is 0.927. The number of hydrogen-bond donors (Lipinski definition) is 8. The lowest BCUT2D eigenvalue weighted by molar-refractivity contribution is -0.139. The van der Waals surface area contributed by atoms with E-state index in [1.807, 2.05) is 55.8 Å². The van der Waals surface area contributed by atoms with Crippen molar-refractivity contribution >= 4 is 60.8 Å². The van der Waals surface area contributed by atoms with Gasteiger partial charge >= 0.3 is 7.82 Å². The van der Waals surface area contributed by atoms with Crippen LogP contribution in [-0.2, 0) is 55.7 Å². The van der Waals surface area contributed by atoms with E-state index in [1.165, 1.54) is 18.0 Å². The molecule has 380 valence electrons. The van der Waals surface area contributed by atoms with Crippen molar-refractivity contribution in [1.82, 2.24) is 50.3 Å². The fourth-order valence-corrected chi connectivity index (χ4v) is 8.94. The number of thiophene rings is 1. The quantitative estimate of drug-likeness (QED) is 0.0178. The van der Waals surface area contributed by atoms with Crippen LogP contribution in [0.5, 0.6) is 0 Å². The Bertz CT molecular complexity index is 2480. The number of nitrogens with one attached hydrogen (secondary N) is 4. The number of oxime groups is 1. The second-order valence-electron chi connectivity index (χ2n) is 17.0. The van der Waals surface area contributed by atoms with Gasteiger partial charge in [0, 0.05) is 50.7 Å². The Kier molecular flexibility index (Phi) is 20.3. The number of carbonyl (C=O) groups is 6. The SMILES string of the molecule is CC(=O)N1CCC[C@H]1C(=O)N[C@@H](CC(C)C)C(=O)N[C@@H](Cc1cncn1CCCCCO/N=C\c1cccn1-c1nccc(-c2cccs2)n1)C(=O)N[C@@H](CO)C(=O)N[C@H](C(N)=O)[C@@H](C)OP(=O)(O)O. The van der Waals surface area contributed by atoms with Crippen LogP contribution in [0.1, 0.15) is 77.6 Å². The number of hydrogen-bond acceptors (Lipinski definition) is 15. The van der Waals surface area contributed by atoms with Gasteiger partial charge in [0.25, 0.3) is 0 Å². The second-order valence-corrected chi connectivity index (χ2v) is 19.1. The number of aryl methyl sites for hydroxylation is 1. The molecule has 1 saturated heterocycles. The number of aliphatic hydroxyl groups excluding tert-OH is 1. The molecular formula is C44H61N12O12PS. The number of primary amides is 1. The molecule has 0 radical (unpaired) electrons. The molecule has 0 unspecified atom stereocenters. The smallest absolute Gasteiger partial charge is 0.396 e. The molecule has 6 atom stereocenters. The summed E-state index contributed by atoms with van der Waals surface area (Å²) in [7, 11) is -5.13. The number of rotatable bonds is 27. The van der Waals surface area contributed by atoms with Gasteiger partial charge in [-0.1, -0.05) is 25.1 Å². The van der Waals surface area contributed by atoms with Crippen molar-refractivity contribution in [2.24, 2.45) is 16.8 Å². The van der Waals surface area contributed by atoms with E-state index in [-0.39, 0.29) is 24.7 Å². The topological polar surface area (TPSA) is 337 Å². The lowest BCUT2D eigenvalue weighted by atomic mass is 10.0. The van der Waals surface area contributed by atoms with Crippen molar-refractivity contribution in [2.45, 2.75) is 115 Å².